The molecule has 1 N–H and O–H groups in total. The van der Waals surface area contributed by atoms with Crippen molar-refractivity contribution in [1.29, 1.82) is 0 Å². The molecule has 8 nitrogen and oxygen atoms in total. The number of hydrogen-bond donors (Lipinski definition) is 1. The van der Waals surface area contributed by atoms with Crippen LogP contribution in [0.15, 0.2) is 48.6 Å². The van der Waals surface area contributed by atoms with Crippen molar-refractivity contribution in [2.45, 2.75) is 231 Å². The Hall–Kier alpha value is -2.71. The zero-order chi connectivity index (χ0) is 44.9. The number of ether oxygens (including phenoxy) is 3. The van der Waals surface area contributed by atoms with Crippen LogP contribution in [-0.4, -0.2) is 80.6 Å². The number of unbranched alkanes of at least 4 members (excludes halogenated alkanes) is 25. The number of carboxylic acids is 1. The quantitative estimate of drug-likeness (QED) is 0.0214. The molecule has 0 bridgehead atoms. The number of allylic oxidation sites excluding steroid dienone is 8. The third-order valence-corrected chi connectivity index (χ3v) is 11.3. The van der Waals surface area contributed by atoms with Crippen molar-refractivity contribution in [3.8, 4) is 0 Å². The van der Waals surface area contributed by atoms with Crippen LogP contribution in [0.3, 0.4) is 0 Å². The first-order chi connectivity index (χ1) is 29.6. The first-order valence-electron chi connectivity index (χ1n) is 25.2. The number of carboxylic acid groups (broad SMARTS) is 1. The Labute approximate surface area is 376 Å². The fraction of sp³-hybridized carbons (Fsp3) is 0.792. The molecule has 2 unspecified atom stereocenters. The number of nitrogens with zero attached hydrogens (tertiary/aromatic N) is 1. The van der Waals surface area contributed by atoms with Crippen LogP contribution in [0.25, 0.3) is 0 Å². The number of hydrogen-bond acceptors (Lipinski definition) is 6. The van der Waals surface area contributed by atoms with E-state index in [2.05, 4.69) is 62.5 Å². The minimum Gasteiger partial charge on any atom is -0.477 e. The van der Waals surface area contributed by atoms with Crippen molar-refractivity contribution in [2.75, 3.05) is 41.0 Å². The molecule has 0 aliphatic heterocycles. The van der Waals surface area contributed by atoms with Crippen molar-refractivity contribution in [3.05, 3.63) is 48.6 Å². The summed E-state index contributed by atoms with van der Waals surface area (Å²) in [6, 6.07) is -0.620. The number of likely N-dealkylation sites (N-methyl/N-ethyl adjacent to an activating group) is 1. The second kappa shape index (κ2) is 43.9. The van der Waals surface area contributed by atoms with Gasteiger partial charge in [-0.15, -0.1) is 0 Å². The number of rotatable bonds is 45. The molecule has 8 heteroatoms. The van der Waals surface area contributed by atoms with Gasteiger partial charge in [0.1, 0.15) is 6.61 Å². The molecule has 0 amide bonds. The number of carbonyl (C=O) groups is 3. The Morgan fingerprint density at radius 2 is 0.885 bits per heavy atom. The molecule has 0 saturated heterocycles. The minimum atomic E-state index is -0.878. The summed E-state index contributed by atoms with van der Waals surface area (Å²) in [5.41, 5.74) is 0. The zero-order valence-corrected chi connectivity index (χ0v) is 40.4. The highest BCUT2D eigenvalue weighted by molar-refractivity contribution is 5.72. The summed E-state index contributed by atoms with van der Waals surface area (Å²) in [4.78, 5) is 37.1. The largest absolute Gasteiger partial charge is 0.477 e. The third kappa shape index (κ3) is 42.4. The highest BCUT2D eigenvalue weighted by Crippen LogP contribution is 2.15. The summed E-state index contributed by atoms with van der Waals surface area (Å²) in [7, 11) is 5.53. The summed E-state index contributed by atoms with van der Waals surface area (Å²) in [5, 5.41) is 9.65. The van der Waals surface area contributed by atoms with Crippen molar-refractivity contribution in [2.24, 2.45) is 0 Å². The summed E-state index contributed by atoms with van der Waals surface area (Å²) in [5.74, 6) is -1.49. The Morgan fingerprint density at radius 3 is 1.31 bits per heavy atom. The van der Waals surface area contributed by atoms with E-state index in [0.717, 1.165) is 64.2 Å². The van der Waals surface area contributed by atoms with Gasteiger partial charge in [-0.1, -0.05) is 184 Å². The monoisotopic (exact) mass is 859 g/mol. The standard InChI is InChI=1S/C53H95NO7/c1-6-8-10-12-14-16-18-20-22-24-26-28-30-32-34-36-38-40-42-44-52(56)61-49(47-59-46-45-50(53(57)58)54(3,4)5)48-60-51(55)43-41-39-37-35-33-31-29-27-25-23-21-19-17-15-13-11-9-7-2/h19,21,23-27,29,49-50H,6-18,20,22,28,30-48H2,1-5H3/p+1/b21-19+,25-23+,26-24+,29-27+. The van der Waals surface area contributed by atoms with Gasteiger partial charge in [-0.25, -0.2) is 4.79 Å². The SMILES string of the molecule is CCCCCCC/C=C/C=C/C=C/CCCCCCCC(=O)OCC(COCCC(C(=O)O)[N+](C)(C)C)OC(=O)CCCCCCCCC/C=C/CCCCCCCCCC. The molecule has 0 aromatic rings. The molecule has 0 aliphatic carbocycles. The highest BCUT2D eigenvalue weighted by atomic mass is 16.6. The van der Waals surface area contributed by atoms with E-state index in [-0.39, 0.29) is 36.2 Å². The van der Waals surface area contributed by atoms with Gasteiger partial charge in [0.15, 0.2) is 12.1 Å². The van der Waals surface area contributed by atoms with Gasteiger partial charge in [0.2, 0.25) is 0 Å². The Morgan fingerprint density at radius 1 is 0.492 bits per heavy atom. The maximum absolute atomic E-state index is 12.8. The fourth-order valence-corrected chi connectivity index (χ4v) is 7.32. The average Bonchev–Trinajstić information content (AvgIpc) is 3.22. The van der Waals surface area contributed by atoms with Gasteiger partial charge in [0, 0.05) is 19.3 Å². The van der Waals surface area contributed by atoms with Crippen LogP contribution in [0.1, 0.15) is 219 Å². The van der Waals surface area contributed by atoms with Gasteiger partial charge >= 0.3 is 17.9 Å². The van der Waals surface area contributed by atoms with E-state index in [1.54, 1.807) is 0 Å². The lowest BCUT2D eigenvalue weighted by atomic mass is 10.1. The first-order valence-corrected chi connectivity index (χ1v) is 25.2. The Balaban J connectivity index is 4.31. The van der Waals surface area contributed by atoms with Gasteiger partial charge in [-0.2, -0.15) is 0 Å². The van der Waals surface area contributed by atoms with E-state index in [9.17, 15) is 19.5 Å². The molecule has 0 radical (unpaired) electrons. The third-order valence-electron chi connectivity index (χ3n) is 11.3. The van der Waals surface area contributed by atoms with Gasteiger partial charge in [-0.05, 0) is 64.2 Å². The molecule has 0 heterocycles. The molecule has 0 aromatic carbocycles. The predicted molar refractivity (Wildman–Crippen MR) is 257 cm³/mol. The maximum atomic E-state index is 12.8. The second-order valence-electron chi connectivity index (χ2n) is 18.1. The lowest BCUT2D eigenvalue weighted by Gasteiger charge is -2.31. The van der Waals surface area contributed by atoms with Crippen LogP contribution in [0.2, 0.25) is 0 Å². The first kappa shape index (κ1) is 58.3. The minimum absolute atomic E-state index is 0.0526. The summed E-state index contributed by atoms with van der Waals surface area (Å²) in [6.07, 6.45) is 52.9. The van der Waals surface area contributed by atoms with E-state index in [4.69, 9.17) is 14.2 Å². The van der Waals surface area contributed by atoms with E-state index in [1.165, 1.54) is 122 Å². The van der Waals surface area contributed by atoms with Crippen molar-refractivity contribution in [3.63, 3.8) is 0 Å². The van der Waals surface area contributed by atoms with Gasteiger partial charge in [-0.3, -0.25) is 9.59 Å². The molecule has 0 spiro atoms. The Bertz CT molecular complexity index is 1140. The second-order valence-corrected chi connectivity index (χ2v) is 18.1. The molecule has 354 valence electrons. The summed E-state index contributed by atoms with van der Waals surface area (Å²) >= 11 is 0. The molecule has 0 fully saturated rings. The number of carbonyl (C=O) groups excluding carboxylic acids is 2. The lowest BCUT2D eigenvalue weighted by molar-refractivity contribution is -0.887. The zero-order valence-electron chi connectivity index (χ0n) is 40.4. The van der Waals surface area contributed by atoms with E-state index in [0.29, 0.717) is 19.3 Å². The van der Waals surface area contributed by atoms with Crippen molar-refractivity contribution in [1.82, 2.24) is 0 Å². The number of aliphatic carboxylic acids is 1. The lowest BCUT2D eigenvalue weighted by Crippen LogP contribution is -2.50. The Kier molecular flexibility index (Phi) is 42.0. The molecular formula is C53H96NO7+. The topological polar surface area (TPSA) is 99.1 Å². The van der Waals surface area contributed by atoms with Crippen LogP contribution < -0.4 is 0 Å². The molecule has 61 heavy (non-hydrogen) atoms. The molecule has 0 aliphatic rings. The number of esters is 2. The molecule has 0 saturated carbocycles. The number of quaternary nitrogens is 1. The van der Waals surface area contributed by atoms with Gasteiger partial charge in [0.25, 0.3) is 0 Å². The van der Waals surface area contributed by atoms with E-state index in [1.807, 2.05) is 21.1 Å². The normalized spacial score (nSPS) is 13.3. The van der Waals surface area contributed by atoms with Crippen LogP contribution in [0.5, 0.6) is 0 Å². The fourth-order valence-electron chi connectivity index (χ4n) is 7.32. The van der Waals surface area contributed by atoms with Crippen LogP contribution in [-0.2, 0) is 28.6 Å². The summed E-state index contributed by atoms with van der Waals surface area (Å²) < 4.78 is 17.3. The van der Waals surface area contributed by atoms with Gasteiger partial charge < -0.3 is 23.8 Å². The maximum Gasteiger partial charge on any atom is 0.362 e. The highest BCUT2D eigenvalue weighted by Gasteiger charge is 2.31. The summed E-state index contributed by atoms with van der Waals surface area (Å²) in [6.45, 7) is 4.71. The molecular weight excluding hydrogens is 763 g/mol. The van der Waals surface area contributed by atoms with Crippen molar-refractivity contribution < 1.29 is 38.2 Å². The smallest absolute Gasteiger partial charge is 0.362 e. The van der Waals surface area contributed by atoms with Gasteiger partial charge in [0.05, 0.1) is 34.4 Å². The van der Waals surface area contributed by atoms with E-state index < -0.39 is 18.1 Å². The molecule has 2 atom stereocenters. The molecule has 0 aromatic heterocycles. The predicted octanol–water partition coefficient (Wildman–Crippen LogP) is 14.4. The van der Waals surface area contributed by atoms with Crippen molar-refractivity contribution >= 4 is 17.9 Å². The van der Waals surface area contributed by atoms with Crippen LogP contribution in [0, 0.1) is 0 Å². The molecule has 0 rings (SSSR count). The van der Waals surface area contributed by atoms with Crippen LogP contribution >= 0.6 is 0 Å². The average molecular weight is 859 g/mol. The van der Waals surface area contributed by atoms with E-state index >= 15 is 0 Å². The van der Waals surface area contributed by atoms with Crippen LogP contribution in [0.4, 0.5) is 0 Å².